The zero-order valence-electron chi connectivity index (χ0n) is 23.1. The molecule has 3 aromatic carbocycles. The number of hydrogen-bond donors (Lipinski definition) is 1. The van der Waals surface area contributed by atoms with Crippen molar-refractivity contribution >= 4 is 17.3 Å². The highest BCUT2D eigenvalue weighted by molar-refractivity contribution is 5.96. The summed E-state index contributed by atoms with van der Waals surface area (Å²) in [6, 6.07) is 29.3. The van der Waals surface area contributed by atoms with Crippen LogP contribution in [0.3, 0.4) is 0 Å². The number of pyridine rings is 1. The normalized spacial score (nSPS) is 14.3. The van der Waals surface area contributed by atoms with Crippen LogP contribution in [0.1, 0.15) is 37.4 Å². The second kappa shape index (κ2) is 12.3. The highest BCUT2D eigenvalue weighted by Gasteiger charge is 2.23. The van der Waals surface area contributed by atoms with Gasteiger partial charge in [-0.25, -0.2) is 0 Å². The zero-order chi connectivity index (χ0) is 27.2. The standard InChI is InChI=1S/C34H37N3O2/c1-24(2)21-33(34(38)36-31-11-7-26(8-12-31)29-15-16-35-25(3)22-29)30-6-4-5-28(23-30)27-9-13-32(14-10-27)37-17-19-39-20-18-37/h4-16,22-24,33H,17-21H2,1-3H3,(H,36,38)/t33-/m0/s1. The minimum Gasteiger partial charge on any atom is -0.378 e. The first kappa shape index (κ1) is 26.6. The number of aryl methyl sites for hydroxylation is 1. The van der Waals surface area contributed by atoms with Gasteiger partial charge in [0.15, 0.2) is 0 Å². The van der Waals surface area contributed by atoms with Crippen molar-refractivity contribution in [2.45, 2.75) is 33.1 Å². The van der Waals surface area contributed by atoms with Gasteiger partial charge in [-0.1, -0.05) is 62.4 Å². The molecule has 1 aromatic heterocycles. The smallest absolute Gasteiger partial charge is 0.231 e. The summed E-state index contributed by atoms with van der Waals surface area (Å²) in [5, 5.41) is 3.17. The number of nitrogens with zero attached hydrogens (tertiary/aromatic N) is 2. The minimum atomic E-state index is -0.236. The molecule has 200 valence electrons. The third kappa shape index (κ3) is 6.73. The molecule has 1 amide bonds. The Kier molecular flexibility index (Phi) is 8.38. The summed E-state index contributed by atoms with van der Waals surface area (Å²) in [4.78, 5) is 20.2. The Morgan fingerprint density at radius 2 is 1.54 bits per heavy atom. The maximum Gasteiger partial charge on any atom is 0.231 e. The van der Waals surface area contributed by atoms with Crippen molar-refractivity contribution in [3.8, 4) is 22.3 Å². The van der Waals surface area contributed by atoms with Crippen molar-refractivity contribution in [1.29, 1.82) is 0 Å². The average molecular weight is 520 g/mol. The molecule has 1 saturated heterocycles. The molecule has 4 aromatic rings. The van der Waals surface area contributed by atoms with Crippen LogP contribution in [0.5, 0.6) is 0 Å². The Bertz CT molecular complexity index is 1390. The van der Waals surface area contributed by atoms with Gasteiger partial charge < -0.3 is 15.0 Å². The van der Waals surface area contributed by atoms with Crippen LogP contribution < -0.4 is 10.2 Å². The van der Waals surface area contributed by atoms with Gasteiger partial charge in [0.25, 0.3) is 0 Å². The number of anilines is 2. The molecule has 0 bridgehead atoms. The number of rotatable bonds is 8. The lowest BCUT2D eigenvalue weighted by atomic mass is 9.88. The lowest BCUT2D eigenvalue weighted by Gasteiger charge is -2.29. The summed E-state index contributed by atoms with van der Waals surface area (Å²) in [6.07, 6.45) is 2.60. The van der Waals surface area contributed by atoms with Gasteiger partial charge in [0.05, 0.1) is 19.1 Å². The molecule has 2 heterocycles. The molecule has 0 saturated carbocycles. The van der Waals surface area contributed by atoms with E-state index in [1.165, 1.54) is 5.69 Å². The van der Waals surface area contributed by atoms with E-state index in [-0.39, 0.29) is 11.8 Å². The van der Waals surface area contributed by atoms with E-state index in [0.717, 1.165) is 71.9 Å². The third-order valence-electron chi connectivity index (χ3n) is 7.27. The van der Waals surface area contributed by atoms with E-state index in [1.54, 1.807) is 0 Å². The zero-order valence-corrected chi connectivity index (χ0v) is 23.1. The monoisotopic (exact) mass is 519 g/mol. The molecule has 0 aliphatic carbocycles. The van der Waals surface area contributed by atoms with Crippen LogP contribution in [0, 0.1) is 12.8 Å². The lowest BCUT2D eigenvalue weighted by molar-refractivity contribution is -0.117. The fraction of sp³-hybridized carbons (Fsp3) is 0.294. The van der Waals surface area contributed by atoms with Crippen molar-refractivity contribution in [3.05, 3.63) is 102 Å². The summed E-state index contributed by atoms with van der Waals surface area (Å²) in [5.41, 5.74) is 8.55. The van der Waals surface area contributed by atoms with Crippen LogP contribution >= 0.6 is 0 Å². The Morgan fingerprint density at radius 3 is 2.21 bits per heavy atom. The SMILES string of the molecule is Cc1cc(-c2ccc(NC(=O)[C@@H](CC(C)C)c3cccc(-c4ccc(N5CCOCC5)cc4)c3)cc2)ccn1. The number of morpholine rings is 1. The fourth-order valence-corrected chi connectivity index (χ4v) is 5.19. The number of hydrogen-bond acceptors (Lipinski definition) is 4. The molecule has 1 fully saturated rings. The Hall–Kier alpha value is -3.96. The van der Waals surface area contributed by atoms with Crippen LogP contribution in [0.2, 0.25) is 0 Å². The van der Waals surface area contributed by atoms with E-state index in [1.807, 2.05) is 43.5 Å². The van der Waals surface area contributed by atoms with E-state index in [0.29, 0.717) is 5.92 Å². The molecular formula is C34H37N3O2. The highest BCUT2D eigenvalue weighted by atomic mass is 16.5. The molecule has 0 radical (unpaired) electrons. The second-order valence-electron chi connectivity index (χ2n) is 10.7. The maximum absolute atomic E-state index is 13.6. The lowest BCUT2D eigenvalue weighted by Crippen LogP contribution is -2.36. The predicted octanol–water partition coefficient (Wildman–Crippen LogP) is 7.33. The first-order chi connectivity index (χ1) is 19.0. The molecule has 1 aliphatic heterocycles. The number of aromatic nitrogens is 1. The van der Waals surface area contributed by atoms with Crippen LogP contribution in [0.25, 0.3) is 22.3 Å². The quantitative estimate of drug-likeness (QED) is 0.265. The molecule has 39 heavy (non-hydrogen) atoms. The van der Waals surface area contributed by atoms with Crippen LogP contribution in [0.15, 0.2) is 91.1 Å². The van der Waals surface area contributed by atoms with Gasteiger partial charge in [0, 0.05) is 36.4 Å². The van der Waals surface area contributed by atoms with Crippen molar-refractivity contribution < 1.29 is 9.53 Å². The van der Waals surface area contributed by atoms with Gasteiger partial charge in [0.2, 0.25) is 5.91 Å². The number of ether oxygens (including phenoxy) is 1. The van der Waals surface area contributed by atoms with Crippen molar-refractivity contribution in [2.24, 2.45) is 5.92 Å². The van der Waals surface area contributed by atoms with E-state index in [2.05, 4.69) is 83.6 Å². The number of benzene rings is 3. The van der Waals surface area contributed by atoms with Crippen LogP contribution in [0.4, 0.5) is 11.4 Å². The number of nitrogens with one attached hydrogen (secondary N) is 1. The average Bonchev–Trinajstić information content (AvgIpc) is 2.97. The molecule has 1 N–H and O–H groups in total. The number of amides is 1. The van der Waals surface area contributed by atoms with E-state index in [9.17, 15) is 4.79 Å². The Balaban J connectivity index is 1.33. The van der Waals surface area contributed by atoms with Gasteiger partial charge in [-0.3, -0.25) is 9.78 Å². The fourth-order valence-electron chi connectivity index (χ4n) is 5.19. The van der Waals surface area contributed by atoms with Gasteiger partial charge in [-0.2, -0.15) is 0 Å². The highest BCUT2D eigenvalue weighted by Crippen LogP contribution is 2.31. The van der Waals surface area contributed by atoms with Crippen molar-refractivity contribution in [3.63, 3.8) is 0 Å². The van der Waals surface area contributed by atoms with Gasteiger partial charge >= 0.3 is 0 Å². The molecule has 5 heteroatoms. The second-order valence-corrected chi connectivity index (χ2v) is 10.7. The van der Waals surface area contributed by atoms with Crippen molar-refractivity contribution in [1.82, 2.24) is 4.98 Å². The Morgan fingerprint density at radius 1 is 0.872 bits per heavy atom. The molecule has 5 nitrogen and oxygen atoms in total. The molecule has 1 aliphatic rings. The molecule has 0 unspecified atom stereocenters. The van der Waals surface area contributed by atoms with E-state index < -0.39 is 0 Å². The number of carbonyl (C=O) groups excluding carboxylic acids is 1. The molecule has 1 atom stereocenters. The van der Waals surface area contributed by atoms with Gasteiger partial charge in [-0.05, 0) is 83.5 Å². The summed E-state index contributed by atoms with van der Waals surface area (Å²) < 4.78 is 5.48. The number of carbonyl (C=O) groups is 1. The first-order valence-corrected chi connectivity index (χ1v) is 13.8. The maximum atomic E-state index is 13.6. The largest absolute Gasteiger partial charge is 0.378 e. The summed E-state index contributed by atoms with van der Waals surface area (Å²) >= 11 is 0. The van der Waals surface area contributed by atoms with Gasteiger partial charge in [0.1, 0.15) is 0 Å². The minimum absolute atomic E-state index is 0.0241. The topological polar surface area (TPSA) is 54.5 Å². The predicted molar refractivity (Wildman–Crippen MR) is 160 cm³/mol. The summed E-state index contributed by atoms with van der Waals surface area (Å²) in [5.74, 6) is 0.172. The first-order valence-electron chi connectivity index (χ1n) is 13.8. The van der Waals surface area contributed by atoms with Crippen LogP contribution in [-0.2, 0) is 9.53 Å². The van der Waals surface area contributed by atoms with Gasteiger partial charge in [-0.15, -0.1) is 0 Å². The third-order valence-corrected chi connectivity index (χ3v) is 7.27. The Labute approximate surface area is 231 Å². The molecule has 0 spiro atoms. The summed E-state index contributed by atoms with van der Waals surface area (Å²) in [6.45, 7) is 9.72. The van der Waals surface area contributed by atoms with Crippen LogP contribution in [-0.4, -0.2) is 37.2 Å². The summed E-state index contributed by atoms with van der Waals surface area (Å²) in [7, 11) is 0. The van der Waals surface area contributed by atoms with E-state index in [4.69, 9.17) is 4.74 Å². The molecular weight excluding hydrogens is 482 g/mol. The molecule has 5 rings (SSSR count). The van der Waals surface area contributed by atoms with E-state index >= 15 is 0 Å². The van der Waals surface area contributed by atoms with Crippen molar-refractivity contribution in [2.75, 3.05) is 36.5 Å².